The van der Waals surface area contributed by atoms with Crippen LogP contribution in [0.3, 0.4) is 0 Å². The molecule has 0 aromatic heterocycles. The van der Waals surface area contributed by atoms with Crippen LogP contribution in [-0.2, 0) is 14.9 Å². The van der Waals surface area contributed by atoms with E-state index in [0.717, 1.165) is 5.69 Å². The summed E-state index contributed by atoms with van der Waals surface area (Å²) < 4.78 is 31.5. The number of piperazine rings is 1. The standard InChI is InChI=1S/C14H21N3O4S/c1-15(2)22(19,20)17-10-8-16(9-11-17)13-6-4-12(5-7-13)14(18)21-3/h4-7H,8-11H2,1-3H3. The zero-order valence-corrected chi connectivity index (χ0v) is 13.8. The first kappa shape index (κ1) is 16.7. The van der Waals surface area contributed by atoms with Crippen LogP contribution in [0.15, 0.2) is 24.3 Å². The first-order chi connectivity index (χ1) is 10.4. The molecule has 0 aliphatic carbocycles. The van der Waals surface area contributed by atoms with Crippen LogP contribution in [0, 0.1) is 0 Å². The first-order valence-corrected chi connectivity index (χ1v) is 8.37. The highest BCUT2D eigenvalue weighted by molar-refractivity contribution is 7.86. The zero-order chi connectivity index (χ0) is 16.3. The van der Waals surface area contributed by atoms with Gasteiger partial charge >= 0.3 is 5.97 Å². The van der Waals surface area contributed by atoms with Gasteiger partial charge in [-0.3, -0.25) is 0 Å². The number of rotatable bonds is 4. The summed E-state index contributed by atoms with van der Waals surface area (Å²) in [6.07, 6.45) is 0. The number of hydrogen-bond donors (Lipinski definition) is 0. The van der Waals surface area contributed by atoms with E-state index >= 15 is 0 Å². The molecule has 7 nitrogen and oxygen atoms in total. The molecule has 0 N–H and O–H groups in total. The van der Waals surface area contributed by atoms with E-state index in [1.54, 1.807) is 12.1 Å². The number of carbonyl (C=O) groups excluding carboxylic acids is 1. The van der Waals surface area contributed by atoms with Gasteiger partial charge in [0.25, 0.3) is 10.2 Å². The fourth-order valence-electron chi connectivity index (χ4n) is 2.33. The summed E-state index contributed by atoms with van der Waals surface area (Å²) in [5.74, 6) is -0.367. The summed E-state index contributed by atoms with van der Waals surface area (Å²) in [5, 5.41) is 0. The average Bonchev–Trinajstić information content (AvgIpc) is 2.54. The van der Waals surface area contributed by atoms with Gasteiger partial charge in [-0.25, -0.2) is 4.79 Å². The van der Waals surface area contributed by atoms with Gasteiger partial charge < -0.3 is 9.64 Å². The Kier molecular flexibility index (Phi) is 5.05. The first-order valence-electron chi connectivity index (χ1n) is 6.97. The van der Waals surface area contributed by atoms with Crippen molar-refractivity contribution in [3.05, 3.63) is 29.8 Å². The van der Waals surface area contributed by atoms with Gasteiger partial charge in [-0.15, -0.1) is 0 Å². The number of carbonyl (C=O) groups is 1. The number of esters is 1. The lowest BCUT2D eigenvalue weighted by Gasteiger charge is -2.36. The van der Waals surface area contributed by atoms with E-state index in [2.05, 4.69) is 9.64 Å². The molecule has 1 saturated heterocycles. The summed E-state index contributed by atoms with van der Waals surface area (Å²) in [4.78, 5) is 13.5. The van der Waals surface area contributed by atoms with Crippen LogP contribution in [0.2, 0.25) is 0 Å². The molecule has 0 atom stereocenters. The molecular formula is C14H21N3O4S. The fraction of sp³-hybridized carbons (Fsp3) is 0.500. The van der Waals surface area contributed by atoms with E-state index in [-0.39, 0.29) is 5.97 Å². The molecule has 1 aliphatic heterocycles. The Morgan fingerprint density at radius 1 is 1.09 bits per heavy atom. The number of ether oxygens (including phenoxy) is 1. The van der Waals surface area contributed by atoms with Gasteiger partial charge in [-0.1, -0.05) is 0 Å². The maximum atomic E-state index is 12.1. The highest BCUT2D eigenvalue weighted by Crippen LogP contribution is 2.19. The maximum Gasteiger partial charge on any atom is 0.337 e. The Labute approximate surface area is 131 Å². The third-order valence-electron chi connectivity index (χ3n) is 3.68. The Hall–Kier alpha value is -1.64. The Morgan fingerprint density at radius 3 is 2.09 bits per heavy atom. The van der Waals surface area contributed by atoms with Crippen molar-refractivity contribution in [1.29, 1.82) is 0 Å². The SMILES string of the molecule is COC(=O)c1ccc(N2CCN(S(=O)(=O)N(C)C)CC2)cc1. The molecule has 1 aliphatic rings. The average molecular weight is 327 g/mol. The van der Waals surface area contributed by atoms with Crippen molar-refractivity contribution in [2.45, 2.75) is 0 Å². The lowest BCUT2D eigenvalue weighted by Crippen LogP contribution is -2.51. The second-order valence-corrected chi connectivity index (χ2v) is 7.36. The van der Waals surface area contributed by atoms with Gasteiger partial charge in [0, 0.05) is 46.0 Å². The van der Waals surface area contributed by atoms with E-state index in [4.69, 9.17) is 0 Å². The minimum atomic E-state index is -3.35. The summed E-state index contributed by atoms with van der Waals surface area (Å²) >= 11 is 0. The molecule has 8 heteroatoms. The van der Waals surface area contributed by atoms with Crippen molar-refractivity contribution in [3.8, 4) is 0 Å². The molecule has 0 saturated carbocycles. The van der Waals surface area contributed by atoms with E-state index in [1.807, 2.05) is 12.1 Å². The monoisotopic (exact) mass is 327 g/mol. The van der Waals surface area contributed by atoms with E-state index < -0.39 is 10.2 Å². The van der Waals surface area contributed by atoms with Crippen molar-refractivity contribution >= 4 is 21.9 Å². The predicted octanol–water partition coefficient (Wildman–Crippen LogP) is 0.402. The molecule has 0 bridgehead atoms. The molecule has 0 spiro atoms. The van der Waals surface area contributed by atoms with Crippen molar-refractivity contribution in [2.24, 2.45) is 0 Å². The molecule has 1 aromatic carbocycles. The third kappa shape index (κ3) is 3.40. The molecule has 1 heterocycles. The largest absolute Gasteiger partial charge is 0.465 e. The second kappa shape index (κ2) is 6.64. The van der Waals surface area contributed by atoms with Gasteiger partial charge in [0.1, 0.15) is 0 Å². The van der Waals surface area contributed by atoms with Crippen LogP contribution in [-0.4, -0.2) is 70.4 Å². The summed E-state index contributed by atoms with van der Waals surface area (Å²) in [6, 6.07) is 7.12. The van der Waals surface area contributed by atoms with E-state index in [9.17, 15) is 13.2 Å². The molecule has 1 fully saturated rings. The molecule has 22 heavy (non-hydrogen) atoms. The van der Waals surface area contributed by atoms with Crippen molar-refractivity contribution in [1.82, 2.24) is 8.61 Å². The smallest absolute Gasteiger partial charge is 0.337 e. The van der Waals surface area contributed by atoms with Crippen LogP contribution >= 0.6 is 0 Å². The predicted molar refractivity (Wildman–Crippen MR) is 84.2 cm³/mol. The molecule has 122 valence electrons. The summed E-state index contributed by atoms with van der Waals surface area (Å²) in [5.41, 5.74) is 1.47. The van der Waals surface area contributed by atoms with Crippen molar-refractivity contribution < 1.29 is 17.9 Å². The Balaban J connectivity index is 2.01. The van der Waals surface area contributed by atoms with Crippen molar-refractivity contribution in [2.75, 3.05) is 52.3 Å². The van der Waals surface area contributed by atoms with Crippen LogP contribution in [0.1, 0.15) is 10.4 Å². The lowest BCUT2D eigenvalue weighted by molar-refractivity contribution is 0.0600. The van der Waals surface area contributed by atoms with Gasteiger partial charge in [0.15, 0.2) is 0 Å². The molecule has 0 radical (unpaired) electrons. The summed E-state index contributed by atoms with van der Waals surface area (Å²) in [6.45, 7) is 2.12. The van der Waals surface area contributed by atoms with Gasteiger partial charge in [0.05, 0.1) is 12.7 Å². The van der Waals surface area contributed by atoms with E-state index in [0.29, 0.717) is 31.7 Å². The van der Waals surface area contributed by atoms with Gasteiger partial charge in [-0.2, -0.15) is 17.0 Å². The Bertz CT molecular complexity index is 620. The van der Waals surface area contributed by atoms with Crippen LogP contribution in [0.5, 0.6) is 0 Å². The highest BCUT2D eigenvalue weighted by Gasteiger charge is 2.28. The number of nitrogens with zero attached hydrogens (tertiary/aromatic N) is 3. The molecule has 0 amide bonds. The summed E-state index contributed by atoms with van der Waals surface area (Å²) in [7, 11) is 1.07. The minimum Gasteiger partial charge on any atom is -0.465 e. The lowest BCUT2D eigenvalue weighted by atomic mass is 10.2. The molecule has 0 unspecified atom stereocenters. The molecule has 1 aromatic rings. The third-order valence-corrected chi connectivity index (χ3v) is 5.62. The number of hydrogen-bond acceptors (Lipinski definition) is 5. The normalized spacial score (nSPS) is 16.8. The highest BCUT2D eigenvalue weighted by atomic mass is 32.2. The maximum absolute atomic E-state index is 12.1. The fourth-order valence-corrected chi connectivity index (χ4v) is 3.42. The number of anilines is 1. The number of benzene rings is 1. The van der Waals surface area contributed by atoms with Crippen LogP contribution in [0.4, 0.5) is 5.69 Å². The van der Waals surface area contributed by atoms with Crippen molar-refractivity contribution in [3.63, 3.8) is 0 Å². The number of methoxy groups -OCH3 is 1. The topological polar surface area (TPSA) is 70.2 Å². The van der Waals surface area contributed by atoms with Gasteiger partial charge in [-0.05, 0) is 24.3 Å². The van der Waals surface area contributed by atoms with Crippen LogP contribution < -0.4 is 4.90 Å². The quantitative estimate of drug-likeness (QED) is 0.749. The van der Waals surface area contributed by atoms with Crippen LogP contribution in [0.25, 0.3) is 0 Å². The molecule has 2 rings (SSSR count). The van der Waals surface area contributed by atoms with Gasteiger partial charge in [0.2, 0.25) is 0 Å². The zero-order valence-electron chi connectivity index (χ0n) is 13.0. The minimum absolute atomic E-state index is 0.367. The van der Waals surface area contributed by atoms with E-state index in [1.165, 1.54) is 29.8 Å². The second-order valence-electron chi connectivity index (χ2n) is 5.21. The molecular weight excluding hydrogens is 306 g/mol. The Morgan fingerprint density at radius 2 is 1.64 bits per heavy atom.